The number of carbonyl (C=O) groups excluding carboxylic acids is 1. The van der Waals surface area contributed by atoms with Crippen molar-refractivity contribution in [2.24, 2.45) is 0 Å². The van der Waals surface area contributed by atoms with Gasteiger partial charge in [-0.2, -0.15) is 0 Å². The van der Waals surface area contributed by atoms with Gasteiger partial charge in [0.2, 0.25) is 0 Å². The van der Waals surface area contributed by atoms with Crippen LogP contribution < -0.4 is 51.4 Å². The van der Waals surface area contributed by atoms with Gasteiger partial charge in [-0.25, -0.2) is 8.42 Å². The molecular formula is C11H9KO4S. The molecular weight excluding hydrogens is 267 g/mol. The van der Waals surface area contributed by atoms with Crippen molar-refractivity contribution in [2.75, 3.05) is 0 Å². The summed E-state index contributed by atoms with van der Waals surface area (Å²) < 4.78 is 32.2. The monoisotopic (exact) mass is 276 g/mol. The van der Waals surface area contributed by atoms with E-state index in [2.05, 4.69) is 0 Å². The second kappa shape index (κ2) is 7.37. The van der Waals surface area contributed by atoms with Gasteiger partial charge in [0.05, 0.1) is 4.90 Å². The first-order valence-electron chi connectivity index (χ1n) is 4.31. The maximum absolute atomic E-state index is 10.7. The molecule has 0 bridgehead atoms. The molecule has 0 saturated heterocycles. The fraction of sp³-hybridized carbons (Fsp3) is 0. The summed E-state index contributed by atoms with van der Waals surface area (Å²) in [5.74, 6) is 0. The summed E-state index contributed by atoms with van der Waals surface area (Å²) in [7, 11) is -4.34. The molecule has 0 fully saturated rings. The number of rotatable bonds is 1. The van der Waals surface area contributed by atoms with E-state index in [0.717, 1.165) is 10.8 Å². The van der Waals surface area contributed by atoms with Crippen molar-refractivity contribution in [2.45, 2.75) is 4.90 Å². The summed E-state index contributed by atoms with van der Waals surface area (Å²) in [5.41, 5.74) is 0. The summed E-state index contributed by atoms with van der Waals surface area (Å²) in [6, 6.07) is 11.6. The van der Waals surface area contributed by atoms with Crippen LogP contribution in [0, 0.1) is 0 Å². The minimum atomic E-state index is -4.34. The number of hydrogen-bond acceptors (Lipinski definition) is 4. The Hall–Kier alpha value is -0.0836. The van der Waals surface area contributed by atoms with Gasteiger partial charge in [0.25, 0.3) is 0 Å². The maximum atomic E-state index is 10.7. The first-order chi connectivity index (χ1) is 7.57. The Kier molecular flexibility index (Phi) is 7.34. The summed E-state index contributed by atoms with van der Waals surface area (Å²) in [5, 5.41) is 1.67. The van der Waals surface area contributed by atoms with E-state index in [4.69, 9.17) is 4.79 Å². The molecule has 0 radical (unpaired) electrons. The SMILES string of the molecule is C=O.O=S(=O)([O-])c1ccc2ccccc2c1.[K+]. The van der Waals surface area contributed by atoms with Crippen LogP contribution in [0.3, 0.4) is 0 Å². The van der Waals surface area contributed by atoms with Crippen molar-refractivity contribution >= 4 is 27.7 Å². The van der Waals surface area contributed by atoms with Gasteiger partial charge >= 0.3 is 51.4 Å². The predicted octanol–water partition coefficient (Wildman–Crippen LogP) is -1.44. The molecule has 0 spiro atoms. The summed E-state index contributed by atoms with van der Waals surface area (Å²) in [6.45, 7) is 2.00. The third kappa shape index (κ3) is 4.59. The topological polar surface area (TPSA) is 74.3 Å². The molecule has 2 aromatic carbocycles. The normalized spacial score (nSPS) is 9.94. The molecule has 0 aliphatic heterocycles. The summed E-state index contributed by atoms with van der Waals surface area (Å²) in [4.78, 5) is 7.82. The van der Waals surface area contributed by atoms with Crippen LogP contribution in [0.5, 0.6) is 0 Å². The standard InChI is InChI=1S/C10H8O3S.CH2O.K/c11-14(12,13)10-6-5-8-3-1-2-4-9(8)7-10;1-2;/h1-7H,(H,11,12,13);1H2;/q;;+1/p-1. The third-order valence-electron chi connectivity index (χ3n) is 2.01. The van der Waals surface area contributed by atoms with Crippen molar-refractivity contribution in [3.63, 3.8) is 0 Å². The van der Waals surface area contributed by atoms with Crippen LogP contribution in [0.1, 0.15) is 0 Å². The second-order valence-electron chi connectivity index (χ2n) is 2.96. The molecule has 0 atom stereocenters. The van der Waals surface area contributed by atoms with Crippen LogP contribution in [-0.4, -0.2) is 19.8 Å². The molecule has 0 aliphatic carbocycles. The Morgan fingerprint density at radius 1 is 0.941 bits per heavy atom. The molecule has 0 heterocycles. The second-order valence-corrected chi connectivity index (χ2v) is 4.34. The maximum Gasteiger partial charge on any atom is 1.00 e. The zero-order chi connectivity index (χ0) is 12.2. The van der Waals surface area contributed by atoms with Crippen molar-refractivity contribution in [1.29, 1.82) is 0 Å². The Morgan fingerprint density at radius 3 is 2.00 bits per heavy atom. The molecule has 0 aromatic heterocycles. The first-order valence-corrected chi connectivity index (χ1v) is 5.72. The third-order valence-corrected chi connectivity index (χ3v) is 2.84. The molecule has 0 N–H and O–H groups in total. The average molecular weight is 276 g/mol. The first kappa shape index (κ1) is 16.9. The van der Waals surface area contributed by atoms with Crippen molar-refractivity contribution < 1.29 is 69.1 Å². The van der Waals surface area contributed by atoms with Crippen LogP contribution in [0.25, 0.3) is 10.8 Å². The smallest absolute Gasteiger partial charge is 0.744 e. The Bertz CT molecular complexity index is 595. The van der Waals surface area contributed by atoms with Crippen LogP contribution in [0.15, 0.2) is 47.4 Å². The van der Waals surface area contributed by atoms with Gasteiger partial charge in [-0.1, -0.05) is 30.3 Å². The summed E-state index contributed by atoms with van der Waals surface area (Å²) in [6.07, 6.45) is 0. The number of benzene rings is 2. The van der Waals surface area contributed by atoms with E-state index in [9.17, 15) is 13.0 Å². The molecule has 0 unspecified atom stereocenters. The largest absolute Gasteiger partial charge is 1.00 e. The van der Waals surface area contributed by atoms with Crippen LogP contribution in [0.4, 0.5) is 0 Å². The Labute approximate surface area is 142 Å². The minimum absolute atomic E-state index is 0. The van der Waals surface area contributed by atoms with Crippen LogP contribution in [-0.2, 0) is 14.9 Å². The summed E-state index contributed by atoms with van der Waals surface area (Å²) >= 11 is 0. The van der Waals surface area contributed by atoms with E-state index < -0.39 is 10.1 Å². The van der Waals surface area contributed by atoms with Gasteiger partial charge in [0.1, 0.15) is 16.9 Å². The molecule has 0 saturated carbocycles. The van der Waals surface area contributed by atoms with E-state index >= 15 is 0 Å². The zero-order valence-corrected chi connectivity index (χ0v) is 13.2. The van der Waals surface area contributed by atoms with Gasteiger partial charge in [-0.3, -0.25) is 0 Å². The van der Waals surface area contributed by atoms with Gasteiger partial charge < -0.3 is 9.35 Å². The van der Waals surface area contributed by atoms with E-state index in [1.807, 2.05) is 18.9 Å². The fourth-order valence-electron chi connectivity index (χ4n) is 1.32. The van der Waals surface area contributed by atoms with Crippen molar-refractivity contribution in [1.82, 2.24) is 0 Å². The number of carbonyl (C=O) groups is 1. The van der Waals surface area contributed by atoms with Crippen molar-refractivity contribution in [3.05, 3.63) is 42.5 Å². The molecule has 17 heavy (non-hydrogen) atoms. The molecule has 2 aromatic rings. The van der Waals surface area contributed by atoms with Gasteiger partial charge in [-0.05, 0) is 22.9 Å². The van der Waals surface area contributed by atoms with Gasteiger partial charge in [0.15, 0.2) is 0 Å². The quantitative estimate of drug-likeness (QED) is 0.472. The van der Waals surface area contributed by atoms with E-state index in [0.29, 0.717) is 0 Å². The van der Waals surface area contributed by atoms with E-state index in [1.54, 1.807) is 18.2 Å². The Morgan fingerprint density at radius 2 is 1.47 bits per heavy atom. The molecule has 0 amide bonds. The zero-order valence-electron chi connectivity index (χ0n) is 9.29. The van der Waals surface area contributed by atoms with Gasteiger partial charge in [0, 0.05) is 0 Å². The molecule has 0 aliphatic rings. The Balaban J connectivity index is 0.000000811. The number of hydrogen-bond donors (Lipinski definition) is 0. The fourth-order valence-corrected chi connectivity index (χ4v) is 1.83. The molecule has 4 nitrogen and oxygen atoms in total. The molecule has 84 valence electrons. The average Bonchev–Trinajstić information content (AvgIpc) is 2.30. The minimum Gasteiger partial charge on any atom is -0.744 e. The molecule has 2 rings (SSSR count). The van der Waals surface area contributed by atoms with Gasteiger partial charge in [-0.15, -0.1) is 0 Å². The molecule has 6 heteroatoms. The predicted molar refractivity (Wildman–Crippen MR) is 59.0 cm³/mol. The number of fused-ring (bicyclic) bond motifs is 1. The van der Waals surface area contributed by atoms with Crippen LogP contribution >= 0.6 is 0 Å². The van der Waals surface area contributed by atoms with Crippen LogP contribution in [0.2, 0.25) is 0 Å². The van der Waals surface area contributed by atoms with E-state index in [1.165, 1.54) is 12.1 Å². The van der Waals surface area contributed by atoms with E-state index in [-0.39, 0.29) is 56.3 Å². The van der Waals surface area contributed by atoms with Crippen molar-refractivity contribution in [3.8, 4) is 0 Å².